The van der Waals surface area contributed by atoms with E-state index in [-0.39, 0.29) is 17.6 Å². The van der Waals surface area contributed by atoms with Gasteiger partial charge in [0.2, 0.25) is 0 Å². The average Bonchev–Trinajstić information content (AvgIpc) is 2.80. The summed E-state index contributed by atoms with van der Waals surface area (Å²) in [7, 11) is 0. The van der Waals surface area contributed by atoms with Gasteiger partial charge in [-0.15, -0.1) is 0 Å². The van der Waals surface area contributed by atoms with E-state index in [0.29, 0.717) is 18.4 Å². The molecule has 136 valence electrons. The Balaban J connectivity index is 2.41. The maximum absolute atomic E-state index is 12.0. The third-order valence-corrected chi connectivity index (χ3v) is 4.56. The first kappa shape index (κ1) is 19.1. The van der Waals surface area contributed by atoms with E-state index in [2.05, 4.69) is 24.6 Å². The second kappa shape index (κ2) is 7.80. The predicted octanol–water partition coefficient (Wildman–Crippen LogP) is 3.12. The zero-order chi connectivity index (χ0) is 18.7. The minimum Gasteiger partial charge on any atom is -0.458 e. The van der Waals surface area contributed by atoms with Crippen LogP contribution in [0.2, 0.25) is 0 Å². The lowest BCUT2D eigenvalue weighted by molar-refractivity contribution is -0.270. The summed E-state index contributed by atoms with van der Waals surface area (Å²) in [5.74, 6) is -1.58. The molecule has 4 atom stereocenters. The summed E-state index contributed by atoms with van der Waals surface area (Å²) in [6, 6.07) is 0. The van der Waals surface area contributed by atoms with Crippen LogP contribution in [-0.2, 0) is 24.0 Å². The molecule has 0 amide bonds. The van der Waals surface area contributed by atoms with E-state index in [9.17, 15) is 9.59 Å². The maximum Gasteiger partial charge on any atom is 0.334 e. The third kappa shape index (κ3) is 4.27. The molecule has 0 bridgehead atoms. The predicted molar refractivity (Wildman–Crippen MR) is 91.5 cm³/mol. The Morgan fingerprint density at radius 2 is 2.08 bits per heavy atom. The summed E-state index contributed by atoms with van der Waals surface area (Å²) < 4.78 is 11.0. The van der Waals surface area contributed by atoms with E-state index < -0.39 is 36.2 Å². The van der Waals surface area contributed by atoms with Crippen LogP contribution in [0.3, 0.4) is 0 Å². The van der Waals surface area contributed by atoms with Gasteiger partial charge in [0.1, 0.15) is 18.3 Å². The number of carbonyl (C=O) groups is 2. The van der Waals surface area contributed by atoms with E-state index in [0.717, 1.165) is 5.57 Å². The molecule has 6 heteroatoms. The highest BCUT2D eigenvalue weighted by Crippen LogP contribution is 2.37. The van der Waals surface area contributed by atoms with E-state index in [1.165, 1.54) is 0 Å². The SMILES string of the molecule is C=C(C)C(=O)OC1C=C(C)CCC(OO)C(=C)CC2OC(=O)C(=C)C12. The summed E-state index contributed by atoms with van der Waals surface area (Å²) in [4.78, 5) is 28.6. The number of rotatable bonds is 3. The molecule has 0 radical (unpaired) electrons. The Hall–Kier alpha value is -2.18. The smallest absolute Gasteiger partial charge is 0.334 e. The molecule has 1 saturated heterocycles. The zero-order valence-corrected chi connectivity index (χ0v) is 14.6. The van der Waals surface area contributed by atoms with Gasteiger partial charge in [0, 0.05) is 17.6 Å². The third-order valence-electron chi connectivity index (χ3n) is 4.56. The topological polar surface area (TPSA) is 82.1 Å². The van der Waals surface area contributed by atoms with Crippen LogP contribution in [0.1, 0.15) is 33.1 Å². The molecule has 0 aromatic heterocycles. The molecule has 1 aliphatic heterocycles. The minimum absolute atomic E-state index is 0.253. The molecule has 1 fully saturated rings. The van der Waals surface area contributed by atoms with Crippen molar-refractivity contribution in [2.75, 3.05) is 0 Å². The number of fused-ring (bicyclic) bond motifs is 1. The minimum atomic E-state index is -0.687. The van der Waals surface area contributed by atoms with Gasteiger partial charge in [-0.25, -0.2) is 14.5 Å². The van der Waals surface area contributed by atoms with Gasteiger partial charge in [0.15, 0.2) is 0 Å². The highest BCUT2D eigenvalue weighted by molar-refractivity contribution is 5.91. The van der Waals surface area contributed by atoms with Gasteiger partial charge in [-0.1, -0.05) is 25.3 Å². The molecule has 0 aromatic carbocycles. The molecule has 0 aromatic rings. The Bertz CT molecular complexity index is 644. The number of hydrogen-bond donors (Lipinski definition) is 1. The molecule has 1 heterocycles. The van der Waals surface area contributed by atoms with E-state index >= 15 is 0 Å². The number of esters is 2. The van der Waals surface area contributed by atoms with Crippen molar-refractivity contribution in [3.8, 4) is 0 Å². The Labute approximate surface area is 147 Å². The molecular weight excluding hydrogens is 324 g/mol. The highest BCUT2D eigenvalue weighted by atomic mass is 17.1. The quantitative estimate of drug-likeness (QED) is 0.277. The van der Waals surface area contributed by atoms with Crippen molar-refractivity contribution in [2.24, 2.45) is 5.92 Å². The van der Waals surface area contributed by atoms with Crippen molar-refractivity contribution < 1.29 is 29.2 Å². The second-order valence-electron chi connectivity index (χ2n) is 6.65. The van der Waals surface area contributed by atoms with Crippen LogP contribution >= 0.6 is 0 Å². The van der Waals surface area contributed by atoms with Gasteiger partial charge < -0.3 is 9.47 Å². The second-order valence-corrected chi connectivity index (χ2v) is 6.65. The van der Waals surface area contributed by atoms with Crippen LogP contribution in [0.15, 0.2) is 48.1 Å². The monoisotopic (exact) mass is 348 g/mol. The number of hydrogen-bond acceptors (Lipinski definition) is 6. The highest BCUT2D eigenvalue weighted by Gasteiger charge is 2.45. The van der Waals surface area contributed by atoms with Crippen molar-refractivity contribution in [3.63, 3.8) is 0 Å². The van der Waals surface area contributed by atoms with Crippen molar-refractivity contribution in [3.05, 3.63) is 48.1 Å². The van der Waals surface area contributed by atoms with Gasteiger partial charge in [-0.2, -0.15) is 0 Å². The van der Waals surface area contributed by atoms with Gasteiger partial charge >= 0.3 is 11.9 Å². The first-order valence-electron chi connectivity index (χ1n) is 8.16. The van der Waals surface area contributed by atoms with Gasteiger partial charge in [-0.05, 0) is 38.3 Å². The van der Waals surface area contributed by atoms with Gasteiger partial charge in [-0.3, -0.25) is 5.26 Å². The van der Waals surface area contributed by atoms with E-state index in [4.69, 9.17) is 14.7 Å². The molecule has 0 spiro atoms. The van der Waals surface area contributed by atoms with Crippen LogP contribution in [0.5, 0.6) is 0 Å². The van der Waals surface area contributed by atoms with Crippen LogP contribution in [0, 0.1) is 5.92 Å². The molecule has 1 aliphatic carbocycles. The fourth-order valence-corrected chi connectivity index (χ4v) is 3.10. The van der Waals surface area contributed by atoms with Crippen molar-refractivity contribution in [1.82, 2.24) is 0 Å². The normalized spacial score (nSPS) is 30.2. The largest absolute Gasteiger partial charge is 0.458 e. The summed E-state index contributed by atoms with van der Waals surface area (Å²) >= 11 is 0. The number of carbonyl (C=O) groups excluding carboxylic acids is 2. The summed E-state index contributed by atoms with van der Waals surface area (Å²) in [6.07, 6.45) is 1.40. The van der Waals surface area contributed by atoms with Crippen LogP contribution in [-0.4, -0.2) is 35.5 Å². The van der Waals surface area contributed by atoms with Gasteiger partial charge in [0.25, 0.3) is 0 Å². The maximum atomic E-state index is 12.0. The molecule has 25 heavy (non-hydrogen) atoms. The van der Waals surface area contributed by atoms with E-state index in [1.54, 1.807) is 13.0 Å². The molecular formula is C19H24O6. The first-order valence-corrected chi connectivity index (χ1v) is 8.16. The lowest BCUT2D eigenvalue weighted by Gasteiger charge is -2.28. The van der Waals surface area contributed by atoms with Crippen molar-refractivity contribution in [1.29, 1.82) is 0 Å². The summed E-state index contributed by atoms with van der Waals surface area (Å²) in [5.41, 5.74) is 2.07. The fourth-order valence-electron chi connectivity index (χ4n) is 3.10. The van der Waals surface area contributed by atoms with Crippen molar-refractivity contribution >= 4 is 11.9 Å². The van der Waals surface area contributed by atoms with Crippen molar-refractivity contribution in [2.45, 2.75) is 51.4 Å². The lowest BCUT2D eigenvalue weighted by atomic mass is 9.84. The Kier molecular flexibility index (Phi) is 5.98. The standard InChI is InChI=1S/C19H24O6/c1-10(2)18(20)23-15-8-11(3)6-7-14(25-22)12(4)9-16-17(15)13(5)19(21)24-16/h8,14-17,22H,1,4-7,9H2,2-3H3. The van der Waals surface area contributed by atoms with Crippen LogP contribution < -0.4 is 0 Å². The zero-order valence-electron chi connectivity index (χ0n) is 14.6. The molecule has 1 N–H and O–H groups in total. The molecule has 4 unspecified atom stereocenters. The molecule has 0 saturated carbocycles. The summed E-state index contributed by atoms with van der Waals surface area (Å²) in [6.45, 7) is 14.8. The van der Waals surface area contributed by atoms with Gasteiger partial charge in [0.05, 0.1) is 5.92 Å². The molecule has 2 rings (SSSR count). The summed E-state index contributed by atoms with van der Waals surface area (Å²) in [5, 5.41) is 9.12. The molecule has 2 aliphatic rings. The number of ether oxygens (including phenoxy) is 2. The molecule has 6 nitrogen and oxygen atoms in total. The van der Waals surface area contributed by atoms with Crippen LogP contribution in [0.25, 0.3) is 0 Å². The Morgan fingerprint density at radius 1 is 1.40 bits per heavy atom. The Morgan fingerprint density at radius 3 is 2.68 bits per heavy atom. The average molecular weight is 348 g/mol. The first-order chi connectivity index (χ1) is 11.7. The van der Waals surface area contributed by atoms with E-state index in [1.807, 2.05) is 6.92 Å². The van der Waals surface area contributed by atoms with Crippen LogP contribution in [0.4, 0.5) is 0 Å². The fraction of sp³-hybridized carbons (Fsp3) is 0.474. The lowest BCUT2D eigenvalue weighted by Crippen LogP contribution is -2.34. The number of allylic oxidation sites excluding steroid dienone is 1.